The molecule has 124 valence electrons. The first-order valence-corrected chi connectivity index (χ1v) is 9.47. The van der Waals surface area contributed by atoms with Gasteiger partial charge in [-0.25, -0.2) is 0 Å². The molecule has 0 aliphatic heterocycles. The summed E-state index contributed by atoms with van der Waals surface area (Å²) in [5.41, 5.74) is 1.98. The van der Waals surface area contributed by atoms with Crippen molar-refractivity contribution >= 4 is 54.8 Å². The van der Waals surface area contributed by atoms with Gasteiger partial charge in [-0.3, -0.25) is 0 Å². The number of halogens is 6. The molecule has 0 atom stereocenters. The molecule has 3 rings (SSSR count). The van der Waals surface area contributed by atoms with Crippen LogP contribution in [0.1, 0.15) is 5.56 Å². The second kappa shape index (κ2) is 6.83. The first kappa shape index (κ1) is 18.0. The molecule has 0 bridgehead atoms. The Bertz CT molecular complexity index is 869. The minimum atomic E-state index is -4.33. The van der Waals surface area contributed by atoms with Crippen LogP contribution in [0.3, 0.4) is 0 Å². The molecule has 0 saturated carbocycles. The highest BCUT2D eigenvalue weighted by Crippen LogP contribution is 2.48. The van der Waals surface area contributed by atoms with Gasteiger partial charge >= 0.3 is 6.18 Å². The van der Waals surface area contributed by atoms with Crippen LogP contribution in [0.4, 0.5) is 13.2 Å². The summed E-state index contributed by atoms with van der Waals surface area (Å²) in [5, 5.41) is 0.643. The fraction of sp³-hybridized carbons (Fsp3) is 0.0588. The average molecular weight is 497 g/mol. The molecule has 0 fully saturated rings. The Balaban J connectivity index is 2.04. The van der Waals surface area contributed by atoms with Crippen LogP contribution in [0.25, 0.3) is 21.6 Å². The van der Waals surface area contributed by atoms with Gasteiger partial charge in [0.25, 0.3) is 0 Å². The van der Waals surface area contributed by atoms with E-state index in [-0.39, 0.29) is 0 Å². The molecule has 0 amide bonds. The number of benzene rings is 2. The quantitative estimate of drug-likeness (QED) is 0.335. The zero-order valence-corrected chi connectivity index (χ0v) is 16.5. The predicted octanol–water partition coefficient (Wildman–Crippen LogP) is 8.28. The van der Waals surface area contributed by atoms with Gasteiger partial charge in [0, 0.05) is 15.1 Å². The van der Waals surface area contributed by atoms with Crippen LogP contribution < -0.4 is 0 Å². The molecule has 7 heteroatoms. The maximum absolute atomic E-state index is 12.7. The van der Waals surface area contributed by atoms with Gasteiger partial charge in [0.05, 0.1) is 14.2 Å². The smallest absolute Gasteiger partial charge is 0.166 e. The van der Waals surface area contributed by atoms with Crippen LogP contribution in [-0.2, 0) is 6.18 Å². The molecule has 0 N–H and O–H groups in total. The number of thiophene rings is 1. The summed E-state index contributed by atoms with van der Waals surface area (Å²) in [6.45, 7) is 0. The molecule has 0 spiro atoms. The lowest BCUT2D eigenvalue weighted by molar-refractivity contribution is -0.137. The lowest BCUT2D eigenvalue weighted by atomic mass is 10.1. The van der Waals surface area contributed by atoms with Crippen LogP contribution in [0, 0.1) is 0 Å². The van der Waals surface area contributed by atoms with E-state index in [9.17, 15) is 13.2 Å². The molecule has 0 saturated heterocycles. The highest BCUT2D eigenvalue weighted by molar-refractivity contribution is 9.11. The van der Waals surface area contributed by atoms with Crippen molar-refractivity contribution in [1.29, 1.82) is 0 Å². The Morgan fingerprint density at radius 1 is 0.833 bits per heavy atom. The first-order chi connectivity index (χ1) is 11.3. The van der Waals surface area contributed by atoms with E-state index < -0.39 is 11.7 Å². The van der Waals surface area contributed by atoms with Gasteiger partial charge in [-0.2, -0.15) is 13.2 Å². The Kier molecular flexibility index (Phi) is 5.12. The Hall–Kier alpha value is -0.820. The van der Waals surface area contributed by atoms with Crippen LogP contribution >= 0.6 is 54.8 Å². The maximum atomic E-state index is 12.7. The molecule has 0 aliphatic rings. The number of rotatable bonds is 2. The summed E-state index contributed by atoms with van der Waals surface area (Å²) in [4.78, 5) is 0.862. The molecule has 0 unspecified atom stereocenters. The molecule has 1 aromatic heterocycles. The van der Waals surface area contributed by atoms with Crippen molar-refractivity contribution in [2.24, 2.45) is 0 Å². The van der Waals surface area contributed by atoms with E-state index in [4.69, 9.17) is 11.6 Å². The van der Waals surface area contributed by atoms with Crippen molar-refractivity contribution in [2.45, 2.75) is 6.18 Å². The fourth-order valence-electron chi connectivity index (χ4n) is 2.24. The van der Waals surface area contributed by atoms with Crippen LogP contribution in [0.5, 0.6) is 0 Å². The number of alkyl halides is 3. The summed E-state index contributed by atoms with van der Waals surface area (Å²) < 4.78 is 39.8. The van der Waals surface area contributed by atoms with Gasteiger partial charge < -0.3 is 0 Å². The minimum Gasteiger partial charge on any atom is -0.166 e. The van der Waals surface area contributed by atoms with Crippen molar-refractivity contribution in [3.05, 3.63) is 67.4 Å². The topological polar surface area (TPSA) is 0 Å². The van der Waals surface area contributed by atoms with Crippen molar-refractivity contribution in [3.8, 4) is 21.6 Å². The van der Waals surface area contributed by atoms with Crippen molar-refractivity contribution in [2.75, 3.05) is 0 Å². The summed E-state index contributed by atoms with van der Waals surface area (Å²) >= 11 is 14.5. The fourth-order valence-corrected chi connectivity index (χ4v) is 5.52. The summed E-state index contributed by atoms with van der Waals surface area (Å²) in [7, 11) is 0. The van der Waals surface area contributed by atoms with Crippen molar-refractivity contribution in [1.82, 2.24) is 0 Å². The van der Waals surface area contributed by atoms with Gasteiger partial charge in [-0.05, 0) is 67.3 Å². The van der Waals surface area contributed by atoms with E-state index in [0.717, 1.165) is 42.0 Å². The summed E-state index contributed by atoms with van der Waals surface area (Å²) in [6.07, 6.45) is -4.33. The van der Waals surface area contributed by atoms with Crippen molar-refractivity contribution in [3.63, 3.8) is 0 Å². The zero-order valence-electron chi connectivity index (χ0n) is 11.8. The molecule has 3 aromatic rings. The molecular formula is C17H8Br2ClF3S. The van der Waals surface area contributed by atoms with E-state index in [0.29, 0.717) is 5.02 Å². The third-order valence-electron chi connectivity index (χ3n) is 3.41. The molecule has 2 aromatic carbocycles. The van der Waals surface area contributed by atoms with Gasteiger partial charge in [0.15, 0.2) is 0 Å². The summed E-state index contributed by atoms with van der Waals surface area (Å²) in [5.74, 6) is 0. The SMILES string of the molecule is FC(F)(F)c1ccc(-c2sc(Br)c(-c3ccc(Cl)cc3)c2Br)cc1. The molecular weight excluding hydrogens is 489 g/mol. The lowest BCUT2D eigenvalue weighted by Gasteiger charge is -2.07. The number of hydrogen-bond donors (Lipinski definition) is 0. The number of hydrogen-bond acceptors (Lipinski definition) is 1. The Labute approximate surface area is 162 Å². The highest BCUT2D eigenvalue weighted by Gasteiger charge is 2.30. The highest BCUT2D eigenvalue weighted by atomic mass is 79.9. The van der Waals surface area contributed by atoms with Gasteiger partial charge in [-0.15, -0.1) is 11.3 Å². The molecule has 0 radical (unpaired) electrons. The largest absolute Gasteiger partial charge is 0.416 e. The third kappa shape index (κ3) is 3.57. The van der Waals surface area contributed by atoms with E-state index in [2.05, 4.69) is 31.9 Å². The molecule has 0 nitrogen and oxygen atoms in total. The van der Waals surface area contributed by atoms with Crippen LogP contribution in [0.15, 0.2) is 56.8 Å². The van der Waals surface area contributed by atoms with E-state index in [1.54, 1.807) is 12.1 Å². The average Bonchev–Trinajstić information content (AvgIpc) is 2.83. The standard InChI is InChI=1S/C17H8Br2ClF3S/c18-14-13(9-3-7-12(20)8-4-9)16(19)24-15(14)10-1-5-11(6-2-10)17(21,22)23/h1-8H. The summed E-state index contributed by atoms with van der Waals surface area (Å²) in [6, 6.07) is 12.5. The second-order valence-electron chi connectivity index (χ2n) is 4.98. The van der Waals surface area contributed by atoms with Gasteiger partial charge in [0.2, 0.25) is 0 Å². The zero-order chi connectivity index (χ0) is 17.5. The monoisotopic (exact) mass is 494 g/mol. The first-order valence-electron chi connectivity index (χ1n) is 6.68. The predicted molar refractivity (Wildman–Crippen MR) is 101 cm³/mol. The van der Waals surface area contributed by atoms with Gasteiger partial charge in [-0.1, -0.05) is 35.9 Å². The van der Waals surface area contributed by atoms with E-state index >= 15 is 0 Å². The minimum absolute atomic E-state index is 0.643. The van der Waals surface area contributed by atoms with Crippen LogP contribution in [0.2, 0.25) is 5.02 Å². The second-order valence-corrected chi connectivity index (χ2v) is 8.54. The third-order valence-corrected chi connectivity index (χ3v) is 6.63. The van der Waals surface area contributed by atoms with Crippen LogP contribution in [-0.4, -0.2) is 0 Å². The van der Waals surface area contributed by atoms with E-state index in [1.165, 1.54) is 23.5 Å². The Morgan fingerprint density at radius 2 is 1.38 bits per heavy atom. The van der Waals surface area contributed by atoms with Crippen molar-refractivity contribution < 1.29 is 13.2 Å². The maximum Gasteiger partial charge on any atom is 0.416 e. The normalized spacial score (nSPS) is 11.8. The van der Waals surface area contributed by atoms with Gasteiger partial charge in [0.1, 0.15) is 0 Å². The van der Waals surface area contributed by atoms with E-state index in [1.807, 2.05) is 12.1 Å². The molecule has 24 heavy (non-hydrogen) atoms. The molecule has 1 heterocycles. The Morgan fingerprint density at radius 3 is 1.92 bits per heavy atom. The lowest BCUT2D eigenvalue weighted by Crippen LogP contribution is -2.03. The molecule has 0 aliphatic carbocycles.